The van der Waals surface area contributed by atoms with Crippen molar-refractivity contribution >= 4 is 15.9 Å². The molecule has 1 aliphatic heterocycles. The van der Waals surface area contributed by atoms with Gasteiger partial charge in [-0.2, -0.15) is 0 Å². The van der Waals surface area contributed by atoms with Crippen LogP contribution in [-0.4, -0.2) is 31.1 Å². The quantitative estimate of drug-likeness (QED) is 0.881. The van der Waals surface area contributed by atoms with Crippen LogP contribution in [0.2, 0.25) is 0 Å². The third-order valence-electron chi connectivity index (χ3n) is 3.95. The van der Waals surface area contributed by atoms with Gasteiger partial charge in [-0.25, -0.2) is 0 Å². The molecule has 106 valence electrons. The van der Waals surface area contributed by atoms with E-state index in [9.17, 15) is 0 Å². The predicted octanol–water partition coefficient (Wildman–Crippen LogP) is 3.98. The molecule has 3 heteroatoms. The second-order valence-electron chi connectivity index (χ2n) is 5.48. The molecule has 0 amide bonds. The fourth-order valence-electron chi connectivity index (χ4n) is 2.67. The second kappa shape index (κ2) is 8.03. The number of halogens is 1. The Bertz CT molecular complexity index is 356. The first-order chi connectivity index (χ1) is 9.25. The molecule has 2 nitrogen and oxygen atoms in total. The minimum atomic E-state index is 0.431. The van der Waals surface area contributed by atoms with E-state index in [1.165, 1.54) is 50.9 Å². The minimum absolute atomic E-state index is 0.431. The Hall–Kier alpha value is -0.380. The van der Waals surface area contributed by atoms with Crippen molar-refractivity contribution in [3.63, 3.8) is 0 Å². The Balaban J connectivity index is 1.71. The van der Waals surface area contributed by atoms with Crippen molar-refractivity contribution in [1.29, 1.82) is 0 Å². The Kier molecular flexibility index (Phi) is 6.35. The molecule has 0 radical (unpaired) electrons. The first-order valence-corrected chi connectivity index (χ1v) is 8.26. The summed E-state index contributed by atoms with van der Waals surface area (Å²) in [5.74, 6) is 0. The third-order valence-corrected chi connectivity index (χ3v) is 4.48. The van der Waals surface area contributed by atoms with Gasteiger partial charge in [0.2, 0.25) is 0 Å². The summed E-state index contributed by atoms with van der Waals surface area (Å²) < 4.78 is 1.15. The van der Waals surface area contributed by atoms with Crippen LogP contribution in [0, 0.1) is 0 Å². The second-order valence-corrected chi connectivity index (χ2v) is 6.40. The normalized spacial score (nSPS) is 19.1. The largest absolute Gasteiger partial charge is 0.309 e. The first kappa shape index (κ1) is 15.0. The lowest BCUT2D eigenvalue weighted by atomic mass is 10.1. The highest BCUT2D eigenvalue weighted by atomic mass is 79.9. The smallest absolute Gasteiger partial charge is 0.0292 e. The van der Waals surface area contributed by atoms with Gasteiger partial charge in [0.15, 0.2) is 0 Å². The zero-order chi connectivity index (χ0) is 13.5. The zero-order valence-electron chi connectivity index (χ0n) is 11.9. The fourth-order valence-corrected chi connectivity index (χ4v) is 2.93. The molecule has 1 saturated heterocycles. The standard InChI is InChI=1S/C16H25BrN2/c1-14(15-6-8-16(17)9-7-15)18-10-13-19-11-4-2-3-5-12-19/h6-9,14,18H,2-5,10-13H2,1H3. The van der Waals surface area contributed by atoms with Gasteiger partial charge in [0.1, 0.15) is 0 Å². The van der Waals surface area contributed by atoms with Crippen molar-refractivity contribution < 1.29 is 0 Å². The molecule has 0 aromatic heterocycles. The molecule has 0 aliphatic carbocycles. The van der Waals surface area contributed by atoms with Gasteiger partial charge in [-0.05, 0) is 50.6 Å². The molecule has 1 N–H and O–H groups in total. The average molecular weight is 325 g/mol. The summed E-state index contributed by atoms with van der Waals surface area (Å²) >= 11 is 3.48. The van der Waals surface area contributed by atoms with Gasteiger partial charge in [-0.15, -0.1) is 0 Å². The van der Waals surface area contributed by atoms with Crippen LogP contribution in [0.5, 0.6) is 0 Å². The van der Waals surface area contributed by atoms with E-state index in [1.54, 1.807) is 0 Å². The van der Waals surface area contributed by atoms with E-state index in [2.05, 4.69) is 57.3 Å². The molecule has 1 heterocycles. The molecule has 19 heavy (non-hydrogen) atoms. The molecule has 1 aromatic carbocycles. The lowest BCUT2D eigenvalue weighted by Gasteiger charge is -2.21. The molecule has 0 saturated carbocycles. The van der Waals surface area contributed by atoms with Crippen LogP contribution in [0.4, 0.5) is 0 Å². The number of likely N-dealkylation sites (tertiary alicyclic amines) is 1. The number of rotatable bonds is 5. The molecule has 2 rings (SSSR count). The molecule has 1 atom stereocenters. The number of hydrogen-bond donors (Lipinski definition) is 1. The van der Waals surface area contributed by atoms with Gasteiger partial charge in [0.05, 0.1) is 0 Å². The molecule has 0 bridgehead atoms. The van der Waals surface area contributed by atoms with E-state index in [1.807, 2.05) is 0 Å². The maximum absolute atomic E-state index is 3.63. The number of nitrogens with one attached hydrogen (secondary N) is 1. The third kappa shape index (κ3) is 5.25. The minimum Gasteiger partial charge on any atom is -0.309 e. The maximum Gasteiger partial charge on any atom is 0.0292 e. The molecule has 0 spiro atoms. The number of nitrogens with zero attached hydrogens (tertiary/aromatic N) is 1. The summed E-state index contributed by atoms with van der Waals surface area (Å²) in [5, 5.41) is 3.63. The van der Waals surface area contributed by atoms with E-state index in [4.69, 9.17) is 0 Å². The van der Waals surface area contributed by atoms with Crippen LogP contribution in [0.1, 0.15) is 44.2 Å². The summed E-state index contributed by atoms with van der Waals surface area (Å²) in [4.78, 5) is 2.61. The topological polar surface area (TPSA) is 15.3 Å². The van der Waals surface area contributed by atoms with E-state index in [0.717, 1.165) is 11.0 Å². The van der Waals surface area contributed by atoms with Crippen LogP contribution >= 0.6 is 15.9 Å². The van der Waals surface area contributed by atoms with Crippen molar-refractivity contribution in [2.75, 3.05) is 26.2 Å². The fraction of sp³-hybridized carbons (Fsp3) is 0.625. The van der Waals surface area contributed by atoms with E-state index in [-0.39, 0.29) is 0 Å². The lowest BCUT2D eigenvalue weighted by Crippen LogP contribution is -2.33. The van der Waals surface area contributed by atoms with Crippen LogP contribution in [0.25, 0.3) is 0 Å². The lowest BCUT2D eigenvalue weighted by molar-refractivity contribution is 0.280. The highest BCUT2D eigenvalue weighted by molar-refractivity contribution is 9.10. The first-order valence-electron chi connectivity index (χ1n) is 7.47. The average Bonchev–Trinajstić information content (AvgIpc) is 2.68. The number of benzene rings is 1. The number of hydrogen-bond acceptors (Lipinski definition) is 2. The van der Waals surface area contributed by atoms with Crippen molar-refractivity contribution in [1.82, 2.24) is 10.2 Å². The van der Waals surface area contributed by atoms with Gasteiger partial charge < -0.3 is 10.2 Å². The molecular weight excluding hydrogens is 300 g/mol. The van der Waals surface area contributed by atoms with Crippen molar-refractivity contribution in [2.24, 2.45) is 0 Å². The Morgan fingerprint density at radius 3 is 2.37 bits per heavy atom. The Morgan fingerprint density at radius 2 is 1.74 bits per heavy atom. The summed E-state index contributed by atoms with van der Waals surface area (Å²) in [6.45, 7) is 7.08. The van der Waals surface area contributed by atoms with E-state index >= 15 is 0 Å². The molecular formula is C16H25BrN2. The van der Waals surface area contributed by atoms with Crippen LogP contribution in [-0.2, 0) is 0 Å². The summed E-state index contributed by atoms with van der Waals surface area (Å²) in [6.07, 6.45) is 5.59. The maximum atomic E-state index is 3.63. The van der Waals surface area contributed by atoms with Gasteiger partial charge in [-0.1, -0.05) is 40.9 Å². The molecule has 1 unspecified atom stereocenters. The van der Waals surface area contributed by atoms with Gasteiger partial charge in [0, 0.05) is 23.6 Å². The van der Waals surface area contributed by atoms with E-state index in [0.29, 0.717) is 6.04 Å². The van der Waals surface area contributed by atoms with Crippen LogP contribution in [0.3, 0.4) is 0 Å². The summed E-state index contributed by atoms with van der Waals surface area (Å²) in [6, 6.07) is 9.03. The van der Waals surface area contributed by atoms with Crippen LogP contribution < -0.4 is 5.32 Å². The summed E-state index contributed by atoms with van der Waals surface area (Å²) in [7, 11) is 0. The Labute approximate surface area is 125 Å². The zero-order valence-corrected chi connectivity index (χ0v) is 13.5. The van der Waals surface area contributed by atoms with Crippen molar-refractivity contribution in [2.45, 2.75) is 38.6 Å². The highest BCUT2D eigenvalue weighted by Crippen LogP contribution is 2.16. The summed E-state index contributed by atoms with van der Waals surface area (Å²) in [5.41, 5.74) is 1.36. The van der Waals surface area contributed by atoms with Gasteiger partial charge in [0.25, 0.3) is 0 Å². The van der Waals surface area contributed by atoms with Gasteiger partial charge >= 0.3 is 0 Å². The predicted molar refractivity (Wildman–Crippen MR) is 85.5 cm³/mol. The van der Waals surface area contributed by atoms with Gasteiger partial charge in [-0.3, -0.25) is 0 Å². The van der Waals surface area contributed by atoms with Crippen LogP contribution in [0.15, 0.2) is 28.7 Å². The van der Waals surface area contributed by atoms with E-state index < -0.39 is 0 Å². The SMILES string of the molecule is CC(NCCN1CCCCCC1)c1ccc(Br)cc1. The molecule has 1 aliphatic rings. The monoisotopic (exact) mass is 324 g/mol. The molecule has 1 aromatic rings. The van der Waals surface area contributed by atoms with Crippen molar-refractivity contribution in [3.05, 3.63) is 34.3 Å². The Morgan fingerprint density at radius 1 is 1.11 bits per heavy atom. The highest BCUT2D eigenvalue weighted by Gasteiger charge is 2.09. The van der Waals surface area contributed by atoms with Crippen molar-refractivity contribution in [3.8, 4) is 0 Å². The molecule has 1 fully saturated rings.